The fraction of sp³-hybridized carbons (Fsp3) is 0.667. The minimum atomic E-state index is -1.42. The average molecular weight is 158 g/mol. The van der Waals surface area contributed by atoms with Gasteiger partial charge in [0.25, 0.3) is 0 Å². The lowest BCUT2D eigenvalue weighted by molar-refractivity contribution is -0.142. The maximum atomic E-state index is 10.8. The molecule has 5 nitrogen and oxygen atoms in total. The van der Waals surface area contributed by atoms with Crippen LogP contribution in [0.4, 0.5) is 0 Å². The van der Waals surface area contributed by atoms with Crippen molar-refractivity contribution >= 4 is 11.9 Å². The smallest absolute Gasteiger partial charge is 0.330 e. The summed E-state index contributed by atoms with van der Waals surface area (Å²) in [5, 5.41) is 10.8. The molecule has 62 valence electrons. The second-order valence-corrected chi connectivity index (χ2v) is 2.60. The van der Waals surface area contributed by atoms with E-state index in [1.54, 1.807) is 0 Å². The van der Waals surface area contributed by atoms with Crippen molar-refractivity contribution in [3.8, 4) is 0 Å². The predicted molar refractivity (Wildman–Crippen MR) is 36.8 cm³/mol. The second kappa shape index (κ2) is 2.87. The van der Waals surface area contributed by atoms with Crippen LogP contribution < -0.4 is 11.1 Å². The Morgan fingerprint density at radius 2 is 2.09 bits per heavy atom. The topological polar surface area (TPSA) is 92.4 Å². The number of hydrogen-bond acceptors (Lipinski definition) is 3. The number of nitrogens with one attached hydrogen (secondary N) is 1. The van der Waals surface area contributed by atoms with E-state index in [1.165, 1.54) is 0 Å². The molecule has 1 rings (SSSR count). The second-order valence-electron chi connectivity index (χ2n) is 2.60. The normalized spacial score (nSPS) is 19.0. The molecular weight excluding hydrogens is 148 g/mol. The molecule has 1 amide bonds. The summed E-state index contributed by atoms with van der Waals surface area (Å²) < 4.78 is 0. The summed E-state index contributed by atoms with van der Waals surface area (Å²) in [6.45, 7) is 0. The number of hydrogen-bond donors (Lipinski definition) is 3. The molecule has 0 aromatic heterocycles. The molecule has 0 bridgehead atoms. The van der Waals surface area contributed by atoms with E-state index in [1.807, 2.05) is 0 Å². The first-order chi connectivity index (χ1) is 5.11. The third-order valence-electron chi connectivity index (χ3n) is 1.47. The number of aliphatic carboxylic acids is 1. The van der Waals surface area contributed by atoms with Crippen LogP contribution in [0.15, 0.2) is 0 Å². The van der Waals surface area contributed by atoms with Gasteiger partial charge in [0.2, 0.25) is 5.91 Å². The van der Waals surface area contributed by atoms with Gasteiger partial charge in [0.1, 0.15) is 0 Å². The maximum Gasteiger partial charge on any atom is 0.330 e. The summed E-state index contributed by atoms with van der Waals surface area (Å²) in [7, 11) is 0. The standard InChI is InChI=1S/C6H10N2O3/c7-4(6(10)11)5(9)8-3-1-2-3/h3-4H,1-2,7H2,(H,8,9)(H,10,11). The molecule has 0 aromatic carbocycles. The van der Waals surface area contributed by atoms with E-state index in [4.69, 9.17) is 10.8 Å². The largest absolute Gasteiger partial charge is 0.480 e. The summed E-state index contributed by atoms with van der Waals surface area (Å²) in [6.07, 6.45) is 1.86. The first kappa shape index (κ1) is 8.00. The van der Waals surface area contributed by atoms with Crippen molar-refractivity contribution in [3.05, 3.63) is 0 Å². The molecule has 0 aliphatic heterocycles. The van der Waals surface area contributed by atoms with Gasteiger partial charge >= 0.3 is 5.97 Å². The molecule has 11 heavy (non-hydrogen) atoms. The van der Waals surface area contributed by atoms with Gasteiger partial charge in [-0.3, -0.25) is 4.79 Å². The van der Waals surface area contributed by atoms with Gasteiger partial charge in [-0.1, -0.05) is 0 Å². The molecule has 1 fully saturated rings. The molecule has 1 aliphatic rings. The molecule has 5 heteroatoms. The Bertz CT molecular complexity index is 188. The molecule has 1 aliphatic carbocycles. The van der Waals surface area contributed by atoms with Gasteiger partial charge in [0, 0.05) is 6.04 Å². The molecule has 1 unspecified atom stereocenters. The zero-order chi connectivity index (χ0) is 8.43. The van der Waals surface area contributed by atoms with Gasteiger partial charge in [0.15, 0.2) is 6.04 Å². The van der Waals surface area contributed by atoms with Crippen LogP contribution in [0.5, 0.6) is 0 Å². The van der Waals surface area contributed by atoms with E-state index in [9.17, 15) is 9.59 Å². The highest BCUT2D eigenvalue weighted by atomic mass is 16.4. The lowest BCUT2D eigenvalue weighted by atomic mass is 10.3. The van der Waals surface area contributed by atoms with Crippen LogP contribution in [-0.4, -0.2) is 29.1 Å². The number of rotatable bonds is 3. The zero-order valence-corrected chi connectivity index (χ0v) is 5.91. The summed E-state index contributed by atoms with van der Waals surface area (Å²) in [6, 6.07) is -1.26. The van der Waals surface area contributed by atoms with Crippen LogP contribution in [0.3, 0.4) is 0 Å². The SMILES string of the molecule is NC(C(=O)O)C(=O)NC1CC1. The molecule has 0 spiro atoms. The van der Waals surface area contributed by atoms with Gasteiger partial charge in [-0.15, -0.1) is 0 Å². The highest BCUT2D eigenvalue weighted by Gasteiger charge is 2.28. The Morgan fingerprint density at radius 3 is 2.45 bits per heavy atom. The molecule has 0 heterocycles. The molecule has 0 saturated heterocycles. The highest BCUT2D eigenvalue weighted by Crippen LogP contribution is 2.18. The summed E-state index contributed by atoms with van der Waals surface area (Å²) in [5.74, 6) is -1.89. The summed E-state index contributed by atoms with van der Waals surface area (Å²) in [4.78, 5) is 21.0. The van der Waals surface area contributed by atoms with E-state index < -0.39 is 17.9 Å². The number of nitrogens with two attached hydrogens (primary N) is 1. The van der Waals surface area contributed by atoms with Crippen molar-refractivity contribution in [2.45, 2.75) is 24.9 Å². The number of carboxylic acids is 1. The van der Waals surface area contributed by atoms with E-state index >= 15 is 0 Å². The Hall–Kier alpha value is -1.10. The Balaban J connectivity index is 2.32. The lowest BCUT2D eigenvalue weighted by Crippen LogP contribution is -2.46. The summed E-state index contributed by atoms with van der Waals surface area (Å²) in [5.41, 5.74) is 5.02. The first-order valence-corrected chi connectivity index (χ1v) is 3.40. The van der Waals surface area contributed by atoms with Gasteiger partial charge in [-0.05, 0) is 12.8 Å². The Morgan fingerprint density at radius 1 is 1.55 bits per heavy atom. The van der Waals surface area contributed by atoms with Crippen LogP contribution in [0.1, 0.15) is 12.8 Å². The van der Waals surface area contributed by atoms with E-state index in [0.29, 0.717) is 0 Å². The van der Waals surface area contributed by atoms with Gasteiger partial charge in [0.05, 0.1) is 0 Å². The highest BCUT2D eigenvalue weighted by molar-refractivity contribution is 6.01. The average Bonchev–Trinajstić information content (AvgIpc) is 2.69. The Kier molecular flexibility index (Phi) is 2.09. The molecule has 1 atom stereocenters. The molecule has 0 radical (unpaired) electrons. The number of carboxylic acid groups (broad SMARTS) is 1. The molecule has 0 aromatic rings. The third-order valence-corrected chi connectivity index (χ3v) is 1.47. The van der Waals surface area contributed by atoms with Crippen molar-refractivity contribution in [3.63, 3.8) is 0 Å². The number of carbonyl (C=O) groups is 2. The molecule has 4 N–H and O–H groups in total. The van der Waals surface area contributed by atoms with Crippen LogP contribution >= 0.6 is 0 Å². The van der Waals surface area contributed by atoms with E-state index in [-0.39, 0.29) is 6.04 Å². The quantitative estimate of drug-likeness (QED) is 0.444. The van der Waals surface area contributed by atoms with Crippen molar-refractivity contribution in [2.24, 2.45) is 5.73 Å². The first-order valence-electron chi connectivity index (χ1n) is 3.40. The van der Waals surface area contributed by atoms with Crippen LogP contribution in [0.2, 0.25) is 0 Å². The molecule has 1 saturated carbocycles. The fourth-order valence-corrected chi connectivity index (χ4v) is 0.631. The predicted octanol–water partition coefficient (Wildman–Crippen LogP) is -1.32. The van der Waals surface area contributed by atoms with Crippen molar-refractivity contribution in [1.82, 2.24) is 5.32 Å². The van der Waals surface area contributed by atoms with E-state index in [0.717, 1.165) is 12.8 Å². The minimum Gasteiger partial charge on any atom is -0.480 e. The molecular formula is C6H10N2O3. The zero-order valence-electron chi connectivity index (χ0n) is 5.91. The van der Waals surface area contributed by atoms with Crippen molar-refractivity contribution in [2.75, 3.05) is 0 Å². The maximum absolute atomic E-state index is 10.8. The van der Waals surface area contributed by atoms with Crippen LogP contribution in [0.25, 0.3) is 0 Å². The minimum absolute atomic E-state index is 0.160. The van der Waals surface area contributed by atoms with Crippen LogP contribution in [-0.2, 0) is 9.59 Å². The summed E-state index contributed by atoms with van der Waals surface area (Å²) >= 11 is 0. The third kappa shape index (κ3) is 2.19. The van der Waals surface area contributed by atoms with E-state index in [2.05, 4.69) is 5.32 Å². The van der Waals surface area contributed by atoms with Gasteiger partial charge in [-0.2, -0.15) is 0 Å². The number of carbonyl (C=O) groups excluding carboxylic acids is 1. The van der Waals surface area contributed by atoms with Gasteiger partial charge in [-0.25, -0.2) is 4.79 Å². The van der Waals surface area contributed by atoms with Crippen molar-refractivity contribution in [1.29, 1.82) is 0 Å². The van der Waals surface area contributed by atoms with Gasteiger partial charge < -0.3 is 16.2 Å². The Labute approximate surface area is 63.6 Å². The lowest BCUT2D eigenvalue weighted by Gasteiger charge is -2.05. The fourth-order valence-electron chi connectivity index (χ4n) is 0.631. The van der Waals surface area contributed by atoms with Crippen molar-refractivity contribution < 1.29 is 14.7 Å². The number of amides is 1. The van der Waals surface area contributed by atoms with Crippen LogP contribution in [0, 0.1) is 0 Å². The monoisotopic (exact) mass is 158 g/mol.